The molecule has 0 unspecified atom stereocenters. The number of Topliss-reactive ketones (excluding diaryl/α,β-unsaturated/α-hetero) is 1. The lowest BCUT2D eigenvalue weighted by Crippen LogP contribution is -2.09. The Morgan fingerprint density at radius 1 is 1.35 bits per heavy atom. The first-order valence-electron chi connectivity index (χ1n) is 5.16. The van der Waals surface area contributed by atoms with Crippen molar-refractivity contribution in [3.05, 3.63) is 33.8 Å². The molecule has 0 heterocycles. The number of hydrogen-bond donors (Lipinski definition) is 0. The number of halogens is 2. The van der Waals surface area contributed by atoms with Gasteiger partial charge in [-0.25, -0.2) is 4.79 Å². The quantitative estimate of drug-likeness (QED) is 0.474. The Morgan fingerprint density at radius 3 is 2.59 bits per heavy atom. The molecule has 0 aliphatic heterocycles. The van der Waals surface area contributed by atoms with Crippen LogP contribution in [0.3, 0.4) is 0 Å². The van der Waals surface area contributed by atoms with Gasteiger partial charge < -0.3 is 4.74 Å². The number of carbonyl (C=O) groups is 2. The van der Waals surface area contributed by atoms with E-state index in [1.807, 2.05) is 0 Å². The second kappa shape index (κ2) is 6.77. The van der Waals surface area contributed by atoms with Crippen LogP contribution in [0.2, 0.25) is 0 Å². The van der Waals surface area contributed by atoms with Gasteiger partial charge in [0.25, 0.3) is 0 Å². The summed E-state index contributed by atoms with van der Waals surface area (Å²) in [4.78, 5) is 23.3. The van der Waals surface area contributed by atoms with Crippen molar-refractivity contribution in [3.8, 4) is 0 Å². The fraction of sp³-hybridized carbons (Fsp3) is 0.333. The van der Waals surface area contributed by atoms with Gasteiger partial charge in [-0.1, -0.05) is 12.1 Å². The van der Waals surface area contributed by atoms with Crippen LogP contribution >= 0.6 is 27.5 Å². The molecule has 1 aromatic rings. The fourth-order valence-electron chi connectivity index (χ4n) is 1.33. The molecule has 17 heavy (non-hydrogen) atoms. The number of carbonyl (C=O) groups excluding carboxylic acids is 2. The Hall–Kier alpha value is -0.870. The van der Waals surface area contributed by atoms with E-state index in [2.05, 4.69) is 15.9 Å². The Balaban J connectivity index is 3.07. The average Bonchev–Trinajstić information content (AvgIpc) is 2.29. The Labute approximate surface area is 113 Å². The molecule has 0 fully saturated rings. The summed E-state index contributed by atoms with van der Waals surface area (Å²) in [5.41, 5.74) is 0.809. The van der Waals surface area contributed by atoms with Crippen LogP contribution < -0.4 is 0 Å². The van der Waals surface area contributed by atoms with E-state index in [0.717, 1.165) is 0 Å². The fourth-order valence-corrected chi connectivity index (χ4v) is 2.15. The summed E-state index contributed by atoms with van der Waals surface area (Å²) in [5, 5.41) is 0. The third kappa shape index (κ3) is 3.54. The van der Waals surface area contributed by atoms with Gasteiger partial charge in [0, 0.05) is 22.3 Å². The van der Waals surface area contributed by atoms with Crippen LogP contribution in [-0.4, -0.2) is 24.2 Å². The highest BCUT2D eigenvalue weighted by Gasteiger charge is 2.17. The molecule has 0 bridgehead atoms. The molecule has 1 rings (SSSR count). The Kier molecular flexibility index (Phi) is 5.65. The molecule has 3 nitrogen and oxygen atoms in total. The lowest BCUT2D eigenvalue weighted by atomic mass is 10.1. The largest absolute Gasteiger partial charge is 0.462 e. The SMILES string of the molecule is CCOC(=O)c1cccc(C(=O)CCCl)c1Br. The zero-order chi connectivity index (χ0) is 12.8. The van der Waals surface area contributed by atoms with Crippen molar-refractivity contribution in [1.82, 2.24) is 0 Å². The molecule has 5 heteroatoms. The highest BCUT2D eigenvalue weighted by Crippen LogP contribution is 2.24. The number of ketones is 1. The van der Waals surface area contributed by atoms with Gasteiger partial charge in [-0.3, -0.25) is 4.79 Å². The minimum absolute atomic E-state index is 0.0991. The lowest BCUT2D eigenvalue weighted by molar-refractivity contribution is 0.0525. The van der Waals surface area contributed by atoms with Crippen molar-refractivity contribution < 1.29 is 14.3 Å². The first-order valence-corrected chi connectivity index (χ1v) is 6.49. The van der Waals surface area contributed by atoms with Crippen LogP contribution in [0.4, 0.5) is 0 Å². The van der Waals surface area contributed by atoms with Crippen LogP contribution in [-0.2, 0) is 4.74 Å². The van der Waals surface area contributed by atoms with E-state index in [1.165, 1.54) is 0 Å². The van der Waals surface area contributed by atoms with Gasteiger partial charge in [-0.15, -0.1) is 11.6 Å². The molecule has 0 saturated carbocycles. The van der Waals surface area contributed by atoms with Crippen LogP contribution in [0.1, 0.15) is 34.1 Å². The maximum Gasteiger partial charge on any atom is 0.339 e. The molecule has 0 N–H and O–H groups in total. The van der Waals surface area contributed by atoms with Gasteiger partial charge >= 0.3 is 5.97 Å². The summed E-state index contributed by atoms with van der Waals surface area (Å²) in [7, 11) is 0. The van der Waals surface area contributed by atoms with E-state index in [1.54, 1.807) is 25.1 Å². The number of alkyl halides is 1. The predicted molar refractivity (Wildman–Crippen MR) is 69.8 cm³/mol. The van der Waals surface area contributed by atoms with Gasteiger partial charge in [0.15, 0.2) is 5.78 Å². The second-order valence-electron chi connectivity index (χ2n) is 3.25. The topological polar surface area (TPSA) is 43.4 Å². The summed E-state index contributed by atoms with van der Waals surface area (Å²) < 4.78 is 5.36. The predicted octanol–water partition coefficient (Wildman–Crippen LogP) is 3.44. The summed E-state index contributed by atoms with van der Waals surface area (Å²) in [5.74, 6) is -0.285. The standard InChI is InChI=1S/C12H12BrClO3/c1-2-17-12(16)9-5-3-4-8(11(9)13)10(15)6-7-14/h3-5H,2,6-7H2,1H3. The monoisotopic (exact) mass is 318 g/mol. The number of ether oxygens (including phenoxy) is 1. The average molecular weight is 320 g/mol. The summed E-state index contributed by atoms with van der Waals surface area (Å²) in [6.07, 6.45) is 0.242. The van der Waals surface area contributed by atoms with Crippen molar-refractivity contribution in [2.24, 2.45) is 0 Å². The Morgan fingerprint density at radius 2 is 2.00 bits per heavy atom. The summed E-state index contributed by atoms with van der Waals surface area (Å²) in [6, 6.07) is 4.92. The van der Waals surface area contributed by atoms with Gasteiger partial charge in [-0.2, -0.15) is 0 Å². The molecule has 0 aliphatic carbocycles. The maximum absolute atomic E-state index is 11.7. The van der Waals surface area contributed by atoms with Crippen LogP contribution in [0.5, 0.6) is 0 Å². The van der Waals surface area contributed by atoms with Crippen molar-refractivity contribution in [3.63, 3.8) is 0 Å². The molecule has 0 amide bonds. The number of esters is 1. The molecular formula is C12H12BrClO3. The van der Waals surface area contributed by atoms with Crippen molar-refractivity contribution in [2.75, 3.05) is 12.5 Å². The second-order valence-corrected chi connectivity index (χ2v) is 4.42. The summed E-state index contributed by atoms with van der Waals surface area (Å²) in [6.45, 7) is 2.03. The first-order chi connectivity index (χ1) is 8.11. The zero-order valence-electron chi connectivity index (χ0n) is 9.33. The van der Waals surface area contributed by atoms with Crippen LogP contribution in [0.25, 0.3) is 0 Å². The molecule has 0 aliphatic rings. The molecule has 0 aromatic heterocycles. The van der Waals surface area contributed by atoms with Crippen molar-refractivity contribution in [1.29, 1.82) is 0 Å². The Bertz CT molecular complexity index is 396. The van der Waals surface area contributed by atoms with Crippen LogP contribution in [0, 0.1) is 0 Å². The third-order valence-corrected chi connectivity index (χ3v) is 3.16. The minimum atomic E-state index is -0.445. The number of rotatable bonds is 5. The van der Waals surface area contributed by atoms with E-state index < -0.39 is 5.97 Å². The normalized spacial score (nSPS) is 10.1. The smallest absolute Gasteiger partial charge is 0.339 e. The molecule has 92 valence electrons. The van der Waals surface area contributed by atoms with Crippen molar-refractivity contribution >= 4 is 39.3 Å². The maximum atomic E-state index is 11.7. The summed E-state index contributed by atoms with van der Waals surface area (Å²) >= 11 is 8.78. The zero-order valence-corrected chi connectivity index (χ0v) is 11.7. The van der Waals surface area contributed by atoms with Gasteiger partial charge in [0.2, 0.25) is 0 Å². The van der Waals surface area contributed by atoms with E-state index in [0.29, 0.717) is 22.2 Å². The molecular weight excluding hydrogens is 307 g/mol. The first kappa shape index (κ1) is 14.2. The highest BCUT2D eigenvalue weighted by atomic mass is 79.9. The molecule has 0 saturated heterocycles. The molecule has 1 aromatic carbocycles. The van der Waals surface area contributed by atoms with E-state index in [9.17, 15) is 9.59 Å². The highest BCUT2D eigenvalue weighted by molar-refractivity contribution is 9.10. The van der Waals surface area contributed by atoms with Gasteiger partial charge in [0.1, 0.15) is 0 Å². The number of benzene rings is 1. The van der Waals surface area contributed by atoms with Crippen molar-refractivity contribution in [2.45, 2.75) is 13.3 Å². The molecule has 0 spiro atoms. The minimum Gasteiger partial charge on any atom is -0.462 e. The lowest BCUT2D eigenvalue weighted by Gasteiger charge is -2.07. The number of hydrogen-bond acceptors (Lipinski definition) is 3. The molecule has 0 radical (unpaired) electrons. The van der Waals surface area contributed by atoms with E-state index in [-0.39, 0.29) is 18.1 Å². The van der Waals surface area contributed by atoms with Crippen LogP contribution in [0.15, 0.2) is 22.7 Å². The molecule has 0 atom stereocenters. The van der Waals surface area contributed by atoms with Gasteiger partial charge in [-0.05, 0) is 28.9 Å². The van der Waals surface area contributed by atoms with E-state index in [4.69, 9.17) is 16.3 Å². The van der Waals surface area contributed by atoms with Gasteiger partial charge in [0.05, 0.1) is 12.2 Å². The third-order valence-electron chi connectivity index (χ3n) is 2.12. The van der Waals surface area contributed by atoms with E-state index >= 15 is 0 Å².